The number of benzene rings is 1. The van der Waals surface area contributed by atoms with Crippen molar-refractivity contribution in [3.05, 3.63) is 29.3 Å². The lowest BCUT2D eigenvalue weighted by Gasteiger charge is -2.20. The van der Waals surface area contributed by atoms with Crippen LogP contribution in [0, 0.1) is 0 Å². The monoisotopic (exact) mass is 394 g/mol. The van der Waals surface area contributed by atoms with Gasteiger partial charge in [0.05, 0.1) is 25.9 Å². The number of aliphatic imine (C=N–C) groups is 1. The lowest BCUT2D eigenvalue weighted by molar-refractivity contribution is 0.0200. The predicted molar refractivity (Wildman–Crippen MR) is 111 cm³/mol. The normalized spacial score (nSPS) is 23.0. The van der Waals surface area contributed by atoms with E-state index in [2.05, 4.69) is 33.5 Å². The summed E-state index contributed by atoms with van der Waals surface area (Å²) in [6.45, 7) is 7.70. The van der Waals surface area contributed by atoms with Crippen LogP contribution in [0.25, 0.3) is 0 Å². The molecule has 2 unspecified atom stereocenters. The van der Waals surface area contributed by atoms with Crippen LogP contribution in [0.4, 0.5) is 5.69 Å². The van der Waals surface area contributed by atoms with E-state index in [1.54, 1.807) is 0 Å². The van der Waals surface area contributed by atoms with Crippen molar-refractivity contribution >= 4 is 23.2 Å². The standard InChI is InChI=1S/C20H31ClN4O2/c1-2-22-20(23-9-12-26-15-19-7-4-11-27-19)24-17-8-10-25(14-17)18-6-3-5-16(21)13-18/h3,5-6,13,17,19H,2,4,7-12,14-15H2,1H3,(H2,22,23,24). The fraction of sp³-hybridized carbons (Fsp3) is 0.650. The molecule has 27 heavy (non-hydrogen) atoms. The van der Waals surface area contributed by atoms with Crippen molar-refractivity contribution in [1.29, 1.82) is 0 Å². The van der Waals surface area contributed by atoms with Gasteiger partial charge in [-0.3, -0.25) is 4.99 Å². The van der Waals surface area contributed by atoms with Crippen LogP contribution in [0.15, 0.2) is 29.3 Å². The highest BCUT2D eigenvalue weighted by Gasteiger charge is 2.23. The molecule has 150 valence electrons. The Morgan fingerprint density at radius 1 is 1.41 bits per heavy atom. The van der Waals surface area contributed by atoms with Crippen molar-refractivity contribution in [2.75, 3.05) is 50.9 Å². The number of nitrogens with one attached hydrogen (secondary N) is 2. The van der Waals surface area contributed by atoms with Gasteiger partial charge >= 0.3 is 0 Å². The molecule has 0 radical (unpaired) electrons. The summed E-state index contributed by atoms with van der Waals surface area (Å²) in [7, 11) is 0. The quantitative estimate of drug-likeness (QED) is 0.403. The highest BCUT2D eigenvalue weighted by molar-refractivity contribution is 6.30. The molecule has 2 fully saturated rings. The van der Waals surface area contributed by atoms with Crippen LogP contribution in [0.5, 0.6) is 0 Å². The smallest absolute Gasteiger partial charge is 0.191 e. The van der Waals surface area contributed by atoms with Gasteiger partial charge in [0.15, 0.2) is 5.96 Å². The summed E-state index contributed by atoms with van der Waals surface area (Å²) in [6, 6.07) is 8.41. The van der Waals surface area contributed by atoms with E-state index >= 15 is 0 Å². The van der Waals surface area contributed by atoms with E-state index in [0.29, 0.717) is 25.8 Å². The van der Waals surface area contributed by atoms with E-state index in [4.69, 9.17) is 21.1 Å². The number of rotatable bonds is 8. The number of anilines is 1. The van der Waals surface area contributed by atoms with Gasteiger partial charge in [-0.1, -0.05) is 17.7 Å². The molecule has 0 aromatic heterocycles. The molecule has 1 aromatic rings. The SMILES string of the molecule is CCNC(=NCCOCC1CCCO1)NC1CCN(c2cccc(Cl)c2)C1. The molecule has 1 aromatic carbocycles. The highest BCUT2D eigenvalue weighted by atomic mass is 35.5. The third-order valence-corrected chi connectivity index (χ3v) is 5.12. The summed E-state index contributed by atoms with van der Waals surface area (Å²) >= 11 is 6.12. The van der Waals surface area contributed by atoms with Gasteiger partial charge in [0.1, 0.15) is 0 Å². The Bertz CT molecular complexity index is 607. The maximum Gasteiger partial charge on any atom is 0.191 e. The number of ether oxygens (including phenoxy) is 2. The van der Waals surface area contributed by atoms with Gasteiger partial charge in [-0.05, 0) is 44.4 Å². The third kappa shape index (κ3) is 6.55. The average molecular weight is 395 g/mol. The Hall–Kier alpha value is -1.50. The van der Waals surface area contributed by atoms with Gasteiger partial charge < -0.3 is 25.0 Å². The molecule has 2 aliphatic rings. The van der Waals surface area contributed by atoms with E-state index in [1.165, 1.54) is 5.69 Å². The molecule has 6 nitrogen and oxygen atoms in total. The second-order valence-corrected chi connectivity index (χ2v) is 7.46. The lowest BCUT2D eigenvalue weighted by atomic mass is 10.2. The van der Waals surface area contributed by atoms with Crippen molar-refractivity contribution in [3.8, 4) is 0 Å². The van der Waals surface area contributed by atoms with E-state index in [-0.39, 0.29) is 6.10 Å². The predicted octanol–water partition coefficient (Wildman–Crippen LogP) is 2.67. The second-order valence-electron chi connectivity index (χ2n) is 7.03. The van der Waals surface area contributed by atoms with Gasteiger partial charge in [0.25, 0.3) is 0 Å². The Labute approximate surface area is 167 Å². The molecule has 2 N–H and O–H groups in total. The van der Waals surface area contributed by atoms with Gasteiger partial charge in [-0.15, -0.1) is 0 Å². The fourth-order valence-electron chi connectivity index (χ4n) is 3.51. The zero-order chi connectivity index (χ0) is 18.9. The van der Waals surface area contributed by atoms with Crippen molar-refractivity contribution < 1.29 is 9.47 Å². The zero-order valence-electron chi connectivity index (χ0n) is 16.1. The van der Waals surface area contributed by atoms with Crippen LogP contribution < -0.4 is 15.5 Å². The van der Waals surface area contributed by atoms with Crippen LogP contribution in [-0.4, -0.2) is 64.1 Å². The minimum absolute atomic E-state index is 0.274. The van der Waals surface area contributed by atoms with Crippen LogP contribution in [0.3, 0.4) is 0 Å². The summed E-state index contributed by atoms with van der Waals surface area (Å²) < 4.78 is 11.3. The van der Waals surface area contributed by atoms with Crippen LogP contribution in [0.2, 0.25) is 5.02 Å². The third-order valence-electron chi connectivity index (χ3n) is 4.88. The van der Waals surface area contributed by atoms with E-state index in [0.717, 1.165) is 56.5 Å². The number of guanidine groups is 1. The molecule has 2 aliphatic heterocycles. The summed E-state index contributed by atoms with van der Waals surface area (Å²) in [4.78, 5) is 7.00. The van der Waals surface area contributed by atoms with E-state index < -0.39 is 0 Å². The van der Waals surface area contributed by atoms with Crippen molar-refractivity contribution in [2.45, 2.75) is 38.3 Å². The molecule has 2 heterocycles. The summed E-state index contributed by atoms with van der Waals surface area (Å²) in [5.74, 6) is 0.858. The molecule has 0 aliphatic carbocycles. The molecular formula is C20H31ClN4O2. The lowest BCUT2D eigenvalue weighted by Crippen LogP contribution is -2.44. The van der Waals surface area contributed by atoms with Crippen LogP contribution in [0.1, 0.15) is 26.2 Å². The number of hydrogen-bond donors (Lipinski definition) is 2. The van der Waals surface area contributed by atoms with Gasteiger partial charge in [-0.25, -0.2) is 0 Å². The maximum absolute atomic E-state index is 6.12. The molecule has 0 spiro atoms. The Morgan fingerprint density at radius 3 is 3.11 bits per heavy atom. The molecular weight excluding hydrogens is 364 g/mol. The Morgan fingerprint density at radius 2 is 2.33 bits per heavy atom. The molecule has 7 heteroatoms. The number of nitrogens with zero attached hydrogens (tertiary/aromatic N) is 2. The first-order chi connectivity index (χ1) is 13.2. The summed E-state index contributed by atoms with van der Waals surface area (Å²) in [5, 5.41) is 7.65. The first-order valence-corrected chi connectivity index (χ1v) is 10.4. The fourth-order valence-corrected chi connectivity index (χ4v) is 3.70. The molecule has 0 saturated carbocycles. The summed E-state index contributed by atoms with van der Waals surface area (Å²) in [6.07, 6.45) is 3.61. The van der Waals surface area contributed by atoms with Crippen LogP contribution in [-0.2, 0) is 9.47 Å². The largest absolute Gasteiger partial charge is 0.377 e. The molecule has 2 saturated heterocycles. The van der Waals surface area contributed by atoms with Gasteiger partial charge in [0.2, 0.25) is 0 Å². The maximum atomic E-state index is 6.12. The molecule has 3 rings (SSSR count). The number of hydrogen-bond acceptors (Lipinski definition) is 4. The van der Waals surface area contributed by atoms with Crippen molar-refractivity contribution in [2.24, 2.45) is 4.99 Å². The molecule has 0 amide bonds. The minimum Gasteiger partial charge on any atom is -0.377 e. The Balaban J connectivity index is 1.41. The minimum atomic E-state index is 0.274. The van der Waals surface area contributed by atoms with Crippen molar-refractivity contribution in [1.82, 2.24) is 10.6 Å². The van der Waals surface area contributed by atoms with E-state index in [1.807, 2.05) is 18.2 Å². The average Bonchev–Trinajstić information content (AvgIpc) is 3.33. The molecule has 2 atom stereocenters. The van der Waals surface area contributed by atoms with Crippen molar-refractivity contribution in [3.63, 3.8) is 0 Å². The zero-order valence-corrected chi connectivity index (χ0v) is 16.9. The molecule has 0 bridgehead atoms. The Kier molecular flexibility index (Phi) is 8.05. The van der Waals surface area contributed by atoms with Crippen LogP contribution >= 0.6 is 11.6 Å². The first kappa shape index (κ1) is 20.2. The van der Waals surface area contributed by atoms with E-state index in [9.17, 15) is 0 Å². The second kappa shape index (κ2) is 10.7. The topological polar surface area (TPSA) is 58.1 Å². The van der Waals surface area contributed by atoms with Gasteiger partial charge in [0, 0.05) is 43.0 Å². The summed E-state index contributed by atoms with van der Waals surface area (Å²) in [5.41, 5.74) is 1.18. The highest BCUT2D eigenvalue weighted by Crippen LogP contribution is 2.23. The number of halogens is 1. The van der Waals surface area contributed by atoms with Gasteiger partial charge in [-0.2, -0.15) is 0 Å². The first-order valence-electron chi connectivity index (χ1n) is 9.99.